The first-order valence-corrected chi connectivity index (χ1v) is 7.77. The van der Waals surface area contributed by atoms with Crippen molar-refractivity contribution >= 4 is 23.7 Å². The van der Waals surface area contributed by atoms with Gasteiger partial charge in [-0.1, -0.05) is 20.3 Å². The summed E-state index contributed by atoms with van der Waals surface area (Å²) in [4.78, 5) is 48.4. The summed E-state index contributed by atoms with van der Waals surface area (Å²) in [5.41, 5.74) is 0. The van der Waals surface area contributed by atoms with Crippen molar-refractivity contribution < 1.29 is 24.3 Å². The van der Waals surface area contributed by atoms with Crippen LogP contribution in [-0.2, 0) is 19.2 Å². The molecule has 0 saturated heterocycles. The summed E-state index contributed by atoms with van der Waals surface area (Å²) in [6.07, 6.45) is 4.67. The van der Waals surface area contributed by atoms with E-state index in [1.807, 2.05) is 0 Å². The number of carbonyl (C=O) groups excluding carboxylic acids is 3. The number of rotatable bonds is 9. The third-order valence-corrected chi connectivity index (χ3v) is 3.87. The van der Waals surface area contributed by atoms with Gasteiger partial charge in [0.25, 0.3) is 11.8 Å². The molecule has 128 valence electrons. The summed E-state index contributed by atoms with van der Waals surface area (Å²) in [6.45, 7) is 3.87. The number of carboxylic acids is 1. The first-order valence-electron chi connectivity index (χ1n) is 7.77. The van der Waals surface area contributed by atoms with E-state index in [0.717, 1.165) is 0 Å². The first-order chi connectivity index (χ1) is 10.8. The molecule has 23 heavy (non-hydrogen) atoms. The van der Waals surface area contributed by atoms with Crippen LogP contribution in [0.1, 0.15) is 39.5 Å². The highest BCUT2D eigenvalue weighted by Crippen LogP contribution is 2.13. The molecule has 0 aromatic heterocycles. The fourth-order valence-electron chi connectivity index (χ4n) is 2.60. The quantitative estimate of drug-likeness (QED) is 0.505. The first kappa shape index (κ1) is 18.9. The zero-order valence-electron chi connectivity index (χ0n) is 13.8. The summed E-state index contributed by atoms with van der Waals surface area (Å²) >= 11 is 0. The van der Waals surface area contributed by atoms with Crippen molar-refractivity contribution in [1.29, 1.82) is 0 Å². The average molecular weight is 324 g/mol. The monoisotopic (exact) mass is 324 g/mol. The standard InChI is InChI=1S/C16H24N2O5/c1-11(2)15(16(22)23)17(3)12(19)7-5-4-6-10-18-13(20)8-9-14(18)21/h8-9,11,15H,4-7,10H2,1-3H3,(H,22,23)/t15-/m0/s1. The van der Waals surface area contributed by atoms with E-state index in [9.17, 15) is 24.3 Å². The van der Waals surface area contributed by atoms with E-state index in [2.05, 4.69) is 0 Å². The van der Waals surface area contributed by atoms with E-state index < -0.39 is 12.0 Å². The van der Waals surface area contributed by atoms with Gasteiger partial charge in [0.1, 0.15) is 6.04 Å². The van der Waals surface area contributed by atoms with E-state index in [-0.39, 0.29) is 30.1 Å². The van der Waals surface area contributed by atoms with E-state index >= 15 is 0 Å². The van der Waals surface area contributed by atoms with Gasteiger partial charge < -0.3 is 10.0 Å². The zero-order chi connectivity index (χ0) is 17.6. The van der Waals surface area contributed by atoms with Crippen molar-refractivity contribution in [2.75, 3.05) is 13.6 Å². The number of hydrogen-bond acceptors (Lipinski definition) is 4. The Kier molecular flexibility index (Phi) is 6.93. The van der Waals surface area contributed by atoms with Crippen LogP contribution in [0.25, 0.3) is 0 Å². The summed E-state index contributed by atoms with van der Waals surface area (Å²) in [7, 11) is 1.51. The second-order valence-corrected chi connectivity index (χ2v) is 6.00. The molecule has 7 nitrogen and oxygen atoms in total. The van der Waals surface area contributed by atoms with Crippen LogP contribution in [0.2, 0.25) is 0 Å². The molecule has 0 unspecified atom stereocenters. The molecule has 1 aliphatic rings. The number of amides is 3. The third kappa shape index (κ3) is 5.19. The van der Waals surface area contributed by atoms with Crippen LogP contribution < -0.4 is 0 Å². The maximum atomic E-state index is 12.1. The Morgan fingerprint density at radius 1 is 1.13 bits per heavy atom. The molecule has 1 atom stereocenters. The molecule has 0 radical (unpaired) electrons. The van der Waals surface area contributed by atoms with Crippen LogP contribution >= 0.6 is 0 Å². The van der Waals surface area contributed by atoms with Gasteiger partial charge in [0.15, 0.2) is 0 Å². The van der Waals surface area contributed by atoms with Crippen LogP contribution in [0.5, 0.6) is 0 Å². The van der Waals surface area contributed by atoms with Crippen LogP contribution in [0.4, 0.5) is 0 Å². The third-order valence-electron chi connectivity index (χ3n) is 3.87. The molecule has 0 bridgehead atoms. The van der Waals surface area contributed by atoms with Crippen molar-refractivity contribution in [3.63, 3.8) is 0 Å². The van der Waals surface area contributed by atoms with Gasteiger partial charge in [-0.15, -0.1) is 0 Å². The van der Waals surface area contributed by atoms with E-state index in [0.29, 0.717) is 25.8 Å². The van der Waals surface area contributed by atoms with E-state index in [1.54, 1.807) is 13.8 Å². The smallest absolute Gasteiger partial charge is 0.326 e. The van der Waals surface area contributed by atoms with Gasteiger partial charge >= 0.3 is 5.97 Å². The van der Waals surface area contributed by atoms with E-state index in [4.69, 9.17) is 0 Å². The van der Waals surface area contributed by atoms with Gasteiger partial charge in [0.05, 0.1) is 0 Å². The lowest BCUT2D eigenvalue weighted by atomic mass is 10.0. The molecule has 7 heteroatoms. The van der Waals surface area contributed by atoms with Gasteiger partial charge in [-0.05, 0) is 18.8 Å². The Morgan fingerprint density at radius 2 is 1.70 bits per heavy atom. The molecular formula is C16H24N2O5. The highest BCUT2D eigenvalue weighted by Gasteiger charge is 2.29. The van der Waals surface area contributed by atoms with Gasteiger partial charge in [0, 0.05) is 32.2 Å². The van der Waals surface area contributed by atoms with Crippen LogP contribution in [0.15, 0.2) is 12.2 Å². The number of likely N-dealkylation sites (N-methyl/N-ethyl adjacent to an activating group) is 1. The molecule has 1 heterocycles. The molecule has 1 N–H and O–H groups in total. The molecular weight excluding hydrogens is 300 g/mol. The summed E-state index contributed by atoms with van der Waals surface area (Å²) in [5, 5.41) is 9.17. The van der Waals surface area contributed by atoms with Crippen molar-refractivity contribution in [3.8, 4) is 0 Å². The number of hydrogen-bond donors (Lipinski definition) is 1. The molecule has 0 aromatic rings. The lowest BCUT2D eigenvalue weighted by Gasteiger charge is -2.27. The lowest BCUT2D eigenvalue weighted by Crippen LogP contribution is -2.45. The number of nitrogens with zero attached hydrogens (tertiary/aromatic N) is 2. The Labute approximate surface area is 135 Å². The fraction of sp³-hybridized carbons (Fsp3) is 0.625. The van der Waals surface area contributed by atoms with Crippen LogP contribution in [0, 0.1) is 5.92 Å². The molecule has 1 aliphatic heterocycles. The lowest BCUT2D eigenvalue weighted by molar-refractivity contribution is -0.151. The SMILES string of the molecule is CC(C)[C@@H](C(=O)O)N(C)C(=O)CCCCCN1C(=O)C=CC1=O. The maximum absolute atomic E-state index is 12.1. The maximum Gasteiger partial charge on any atom is 0.326 e. The number of aliphatic carboxylic acids is 1. The number of imide groups is 1. The van der Waals surface area contributed by atoms with Crippen molar-refractivity contribution in [3.05, 3.63) is 12.2 Å². The minimum Gasteiger partial charge on any atom is -0.480 e. The van der Waals surface area contributed by atoms with Crippen molar-refractivity contribution in [1.82, 2.24) is 9.80 Å². The summed E-state index contributed by atoms with van der Waals surface area (Å²) in [6, 6.07) is -0.826. The minimum atomic E-state index is -1.01. The largest absolute Gasteiger partial charge is 0.480 e. The predicted molar refractivity (Wildman–Crippen MR) is 83.4 cm³/mol. The Bertz CT molecular complexity index is 495. The van der Waals surface area contributed by atoms with Crippen LogP contribution in [0.3, 0.4) is 0 Å². The van der Waals surface area contributed by atoms with Gasteiger partial charge in [-0.3, -0.25) is 19.3 Å². The average Bonchev–Trinajstić information content (AvgIpc) is 2.77. The fourth-order valence-corrected chi connectivity index (χ4v) is 2.60. The zero-order valence-corrected chi connectivity index (χ0v) is 13.8. The minimum absolute atomic E-state index is 0.166. The van der Waals surface area contributed by atoms with Crippen LogP contribution in [-0.4, -0.2) is 58.2 Å². The Balaban J connectivity index is 2.30. The van der Waals surface area contributed by atoms with E-state index in [1.165, 1.54) is 29.0 Å². The summed E-state index contributed by atoms with van der Waals surface area (Å²) < 4.78 is 0. The van der Waals surface area contributed by atoms with Gasteiger partial charge in [-0.2, -0.15) is 0 Å². The highest BCUT2D eigenvalue weighted by atomic mass is 16.4. The topological polar surface area (TPSA) is 95.0 Å². The van der Waals surface area contributed by atoms with Gasteiger partial charge in [0.2, 0.25) is 5.91 Å². The molecule has 0 aliphatic carbocycles. The molecule has 3 amide bonds. The number of carboxylic acid groups (broad SMARTS) is 1. The second kappa shape index (κ2) is 8.45. The number of carbonyl (C=O) groups is 4. The molecule has 0 spiro atoms. The molecule has 0 aromatic carbocycles. The molecule has 0 saturated carbocycles. The molecule has 0 fully saturated rings. The second-order valence-electron chi connectivity index (χ2n) is 6.00. The van der Waals surface area contributed by atoms with Gasteiger partial charge in [-0.25, -0.2) is 4.79 Å². The normalized spacial score (nSPS) is 15.4. The Hall–Kier alpha value is -2.18. The molecule has 1 rings (SSSR count). The summed E-state index contributed by atoms with van der Waals surface area (Å²) in [5.74, 6) is -1.98. The number of unbranched alkanes of at least 4 members (excludes halogenated alkanes) is 2. The highest BCUT2D eigenvalue weighted by molar-refractivity contribution is 6.12. The Morgan fingerprint density at radius 3 is 2.17 bits per heavy atom. The predicted octanol–water partition coefficient (Wildman–Crippen LogP) is 1.04. The van der Waals surface area contributed by atoms with Crippen molar-refractivity contribution in [2.45, 2.75) is 45.6 Å². The van der Waals surface area contributed by atoms with Crippen molar-refractivity contribution in [2.24, 2.45) is 5.92 Å².